The van der Waals surface area contributed by atoms with Gasteiger partial charge in [-0.2, -0.15) is 9.19 Å². The first kappa shape index (κ1) is 23.0. The van der Waals surface area contributed by atoms with Crippen molar-refractivity contribution in [3.63, 3.8) is 0 Å². The maximum Gasteiger partial charge on any atom is 0.407 e. The van der Waals surface area contributed by atoms with Gasteiger partial charge in [-0.05, 0) is 58.2 Å². The van der Waals surface area contributed by atoms with Crippen molar-refractivity contribution in [2.45, 2.75) is 56.9 Å². The number of fused-ring (bicyclic) bond motifs is 1. The zero-order valence-electron chi connectivity index (χ0n) is 18.2. The molecule has 0 bridgehead atoms. The van der Waals surface area contributed by atoms with E-state index in [0.717, 1.165) is 9.65 Å². The van der Waals surface area contributed by atoms with Crippen molar-refractivity contribution in [1.82, 2.24) is 14.5 Å². The molecule has 3 rings (SSSR count). The van der Waals surface area contributed by atoms with Crippen LogP contribution >= 0.6 is 0 Å². The largest absolute Gasteiger partial charge is 0.444 e. The molecule has 8 nitrogen and oxygen atoms in total. The van der Waals surface area contributed by atoms with Crippen molar-refractivity contribution in [3.05, 3.63) is 54.3 Å². The zero-order valence-corrected chi connectivity index (χ0v) is 19.0. The van der Waals surface area contributed by atoms with Crippen LogP contribution in [0.1, 0.15) is 39.7 Å². The van der Waals surface area contributed by atoms with E-state index in [-0.39, 0.29) is 6.61 Å². The fourth-order valence-corrected chi connectivity index (χ4v) is 4.94. The lowest BCUT2D eigenvalue weighted by Crippen LogP contribution is -2.42. The molecule has 31 heavy (non-hydrogen) atoms. The Balaban J connectivity index is 1.81. The highest BCUT2D eigenvalue weighted by molar-refractivity contribution is 7.91. The third-order valence-electron chi connectivity index (χ3n) is 5.06. The van der Waals surface area contributed by atoms with Gasteiger partial charge >= 0.3 is 6.09 Å². The Morgan fingerprint density at radius 3 is 2.71 bits per heavy atom. The molecule has 0 radical (unpaired) electrons. The van der Waals surface area contributed by atoms with Gasteiger partial charge in [0.25, 0.3) is 10.0 Å². The number of allylic oxidation sites excluding steroid dienone is 3. The van der Waals surface area contributed by atoms with E-state index in [1.54, 1.807) is 52.0 Å². The summed E-state index contributed by atoms with van der Waals surface area (Å²) in [6.45, 7) is 6.71. The van der Waals surface area contributed by atoms with Gasteiger partial charge in [-0.15, -0.1) is 0 Å². The van der Waals surface area contributed by atoms with Crippen LogP contribution in [-0.4, -0.2) is 51.8 Å². The molecular formula is C22H29N3O5S. The van der Waals surface area contributed by atoms with Crippen molar-refractivity contribution >= 4 is 27.0 Å². The summed E-state index contributed by atoms with van der Waals surface area (Å²) >= 11 is 0. The molecular weight excluding hydrogens is 418 g/mol. The highest BCUT2D eigenvalue weighted by atomic mass is 32.2. The number of ether oxygens (including phenoxy) is 1. The van der Waals surface area contributed by atoms with Crippen LogP contribution in [0.4, 0.5) is 4.79 Å². The minimum absolute atomic E-state index is 0.261. The molecule has 2 atom stereocenters. The number of amides is 1. The van der Waals surface area contributed by atoms with E-state index in [9.17, 15) is 18.3 Å². The number of nitrogens with one attached hydrogen (secondary N) is 1. The molecule has 0 saturated carbocycles. The Kier molecular flexibility index (Phi) is 6.29. The van der Waals surface area contributed by atoms with Gasteiger partial charge in [-0.3, -0.25) is 0 Å². The van der Waals surface area contributed by atoms with Crippen LogP contribution in [0, 0.1) is 0 Å². The number of aliphatic hydroxyl groups excluding tert-OH is 1. The highest BCUT2D eigenvalue weighted by Gasteiger charge is 2.39. The molecule has 2 aromatic rings. The minimum atomic E-state index is -3.76. The van der Waals surface area contributed by atoms with E-state index in [1.165, 1.54) is 6.20 Å². The highest BCUT2D eigenvalue weighted by Crippen LogP contribution is 2.30. The third kappa shape index (κ3) is 4.99. The number of carbonyl (C=O) groups excluding carboxylic acids is 1. The molecule has 2 N–H and O–H groups in total. The monoisotopic (exact) mass is 447 g/mol. The Morgan fingerprint density at radius 2 is 2.10 bits per heavy atom. The van der Waals surface area contributed by atoms with Gasteiger partial charge in [0.05, 0.1) is 24.4 Å². The van der Waals surface area contributed by atoms with Gasteiger partial charge in [-0.25, -0.2) is 13.2 Å². The predicted molar refractivity (Wildman–Crippen MR) is 119 cm³/mol. The average molecular weight is 448 g/mol. The summed E-state index contributed by atoms with van der Waals surface area (Å²) in [7, 11) is -3.76. The standard InChI is InChI=1S/C22H29N3O5S/c1-21(2,3)30-20(27)24-18(15-26)13-16-8-9-19-17(12-16)14-23-25(19)31(28,29)22(4)10-6-5-7-11-22/h5-10,12,14,18,26H,11,13,15H2,1-4H3,(H,24,27)/t18-,22?/m0/s1. The predicted octanol–water partition coefficient (Wildman–Crippen LogP) is 2.92. The first-order chi connectivity index (χ1) is 14.4. The summed E-state index contributed by atoms with van der Waals surface area (Å²) in [6, 6.07) is 4.74. The number of carbonyl (C=O) groups is 1. The van der Waals surface area contributed by atoms with Gasteiger partial charge in [0.2, 0.25) is 0 Å². The van der Waals surface area contributed by atoms with E-state index >= 15 is 0 Å². The average Bonchev–Trinajstić information content (AvgIpc) is 3.10. The van der Waals surface area contributed by atoms with E-state index in [0.29, 0.717) is 23.7 Å². The smallest absolute Gasteiger partial charge is 0.407 e. The quantitative estimate of drug-likeness (QED) is 0.704. The first-order valence-electron chi connectivity index (χ1n) is 10.1. The number of alkyl carbamates (subject to hydrolysis) is 1. The second-order valence-electron chi connectivity index (χ2n) is 8.92. The van der Waals surface area contributed by atoms with Gasteiger partial charge in [-0.1, -0.05) is 30.4 Å². The fraction of sp³-hybridized carbons (Fsp3) is 0.455. The Bertz CT molecular complexity index is 1130. The number of aromatic nitrogens is 2. The molecule has 1 amide bonds. The van der Waals surface area contributed by atoms with Crippen LogP contribution in [-0.2, 0) is 21.2 Å². The lowest BCUT2D eigenvalue weighted by atomic mass is 10.0. The number of hydrogen-bond donors (Lipinski definition) is 2. The molecule has 1 aliphatic rings. The summed E-state index contributed by atoms with van der Waals surface area (Å²) in [5.74, 6) is 0. The molecule has 1 aromatic heterocycles. The summed E-state index contributed by atoms with van der Waals surface area (Å²) in [6.07, 6.45) is 8.71. The van der Waals surface area contributed by atoms with Crippen LogP contribution in [0.15, 0.2) is 48.7 Å². The number of nitrogens with zero attached hydrogens (tertiary/aromatic N) is 2. The molecule has 1 aromatic carbocycles. The van der Waals surface area contributed by atoms with E-state index in [2.05, 4.69) is 10.4 Å². The van der Waals surface area contributed by atoms with Crippen molar-refractivity contribution in [2.75, 3.05) is 6.61 Å². The van der Waals surface area contributed by atoms with Crippen LogP contribution in [0.25, 0.3) is 10.9 Å². The molecule has 0 aliphatic heterocycles. The van der Waals surface area contributed by atoms with Crippen molar-refractivity contribution in [1.29, 1.82) is 0 Å². The maximum atomic E-state index is 13.2. The Labute approximate surface area is 182 Å². The molecule has 9 heteroatoms. The number of hydrogen-bond acceptors (Lipinski definition) is 6. The Hall–Kier alpha value is -2.65. The second-order valence-corrected chi connectivity index (χ2v) is 11.1. The van der Waals surface area contributed by atoms with Crippen LogP contribution in [0.2, 0.25) is 0 Å². The summed E-state index contributed by atoms with van der Waals surface area (Å²) in [4.78, 5) is 12.0. The lowest BCUT2D eigenvalue weighted by molar-refractivity contribution is 0.0483. The summed E-state index contributed by atoms with van der Waals surface area (Å²) in [5, 5.41) is 17.1. The second kappa shape index (κ2) is 8.47. The van der Waals surface area contributed by atoms with Gasteiger partial charge in [0, 0.05) is 5.39 Å². The minimum Gasteiger partial charge on any atom is -0.444 e. The number of rotatable bonds is 6. The zero-order chi connectivity index (χ0) is 22.9. The van der Waals surface area contributed by atoms with Crippen LogP contribution < -0.4 is 5.32 Å². The van der Waals surface area contributed by atoms with Crippen molar-refractivity contribution in [3.8, 4) is 0 Å². The molecule has 1 unspecified atom stereocenters. The number of aliphatic hydroxyl groups is 1. The van der Waals surface area contributed by atoms with E-state index < -0.39 is 32.5 Å². The van der Waals surface area contributed by atoms with E-state index in [4.69, 9.17) is 4.74 Å². The molecule has 0 fully saturated rings. The molecule has 0 spiro atoms. The lowest BCUT2D eigenvalue weighted by Gasteiger charge is -2.26. The SMILES string of the molecule is CC(C)(C)OC(=O)N[C@H](CO)Cc1ccc2c(cnn2S(=O)(=O)C2(C)C=CC=CC2)c1. The normalized spacial score (nSPS) is 20.0. The Morgan fingerprint density at radius 1 is 1.35 bits per heavy atom. The fourth-order valence-electron chi connectivity index (χ4n) is 3.39. The molecule has 0 saturated heterocycles. The van der Waals surface area contributed by atoms with Crippen LogP contribution in [0.3, 0.4) is 0 Å². The van der Waals surface area contributed by atoms with Gasteiger partial charge in [0.15, 0.2) is 0 Å². The molecule has 168 valence electrons. The first-order valence-corrected chi connectivity index (χ1v) is 11.6. The van der Waals surface area contributed by atoms with Gasteiger partial charge < -0.3 is 15.2 Å². The van der Waals surface area contributed by atoms with Crippen LogP contribution in [0.5, 0.6) is 0 Å². The van der Waals surface area contributed by atoms with Gasteiger partial charge in [0.1, 0.15) is 10.3 Å². The van der Waals surface area contributed by atoms with E-state index in [1.807, 2.05) is 18.2 Å². The van der Waals surface area contributed by atoms with Crippen molar-refractivity contribution in [2.24, 2.45) is 0 Å². The summed E-state index contributed by atoms with van der Waals surface area (Å²) in [5.41, 5.74) is 0.670. The third-order valence-corrected chi connectivity index (χ3v) is 7.29. The topological polar surface area (TPSA) is 111 Å². The molecule has 1 aliphatic carbocycles. The summed E-state index contributed by atoms with van der Waals surface area (Å²) < 4.78 is 31.7. The maximum absolute atomic E-state index is 13.2. The van der Waals surface area contributed by atoms with Crippen molar-refractivity contribution < 1.29 is 23.1 Å². The molecule has 1 heterocycles. The number of benzene rings is 1.